The van der Waals surface area contributed by atoms with Gasteiger partial charge in [0.2, 0.25) is 5.91 Å². The molecule has 6 nitrogen and oxygen atoms in total. The Kier molecular flexibility index (Phi) is 9.04. The standard InChI is InChI=1S/C31H38ClN3O3S/c1-24-28(32)14-9-15-29(24)35(39(37,38)27-13-8-12-26(20-27)21-31(2,3)4)23-30(36)34-18-16-33(17-19-34)22-25-10-6-5-7-11-25/h5-15,20H,16-19,21-23H2,1-4H3. The molecule has 208 valence electrons. The molecule has 0 radical (unpaired) electrons. The Morgan fingerprint density at radius 1 is 0.897 bits per heavy atom. The van der Waals surface area contributed by atoms with E-state index in [1.165, 1.54) is 9.87 Å². The number of rotatable bonds is 8. The van der Waals surface area contributed by atoms with E-state index < -0.39 is 10.0 Å². The highest BCUT2D eigenvalue weighted by Crippen LogP contribution is 2.32. The summed E-state index contributed by atoms with van der Waals surface area (Å²) in [5.74, 6) is -0.219. The van der Waals surface area contributed by atoms with Gasteiger partial charge in [-0.3, -0.25) is 14.0 Å². The lowest BCUT2D eigenvalue weighted by Gasteiger charge is -2.36. The number of sulfonamides is 1. The van der Waals surface area contributed by atoms with Gasteiger partial charge in [-0.25, -0.2) is 8.42 Å². The molecule has 0 bridgehead atoms. The van der Waals surface area contributed by atoms with Crippen molar-refractivity contribution in [1.29, 1.82) is 0 Å². The molecule has 0 spiro atoms. The molecule has 39 heavy (non-hydrogen) atoms. The Hall–Kier alpha value is -2.87. The third-order valence-corrected chi connectivity index (χ3v) is 9.15. The number of carbonyl (C=O) groups is 1. The van der Waals surface area contributed by atoms with Crippen LogP contribution in [-0.4, -0.2) is 56.8 Å². The summed E-state index contributed by atoms with van der Waals surface area (Å²) in [6.07, 6.45) is 0.735. The van der Waals surface area contributed by atoms with Gasteiger partial charge in [0.15, 0.2) is 0 Å². The summed E-state index contributed by atoms with van der Waals surface area (Å²) in [6.45, 7) is 11.3. The summed E-state index contributed by atoms with van der Waals surface area (Å²) in [4.78, 5) is 17.8. The van der Waals surface area contributed by atoms with Crippen LogP contribution in [0.3, 0.4) is 0 Å². The zero-order valence-electron chi connectivity index (χ0n) is 23.2. The number of benzene rings is 3. The fraction of sp³-hybridized carbons (Fsp3) is 0.387. The second-order valence-electron chi connectivity index (χ2n) is 11.4. The lowest BCUT2D eigenvalue weighted by molar-refractivity contribution is -0.131. The molecule has 1 amide bonds. The second-order valence-corrected chi connectivity index (χ2v) is 13.7. The van der Waals surface area contributed by atoms with Gasteiger partial charge in [0.05, 0.1) is 10.6 Å². The molecule has 1 saturated heterocycles. The lowest BCUT2D eigenvalue weighted by Crippen LogP contribution is -2.51. The van der Waals surface area contributed by atoms with Crippen molar-refractivity contribution in [3.63, 3.8) is 0 Å². The lowest BCUT2D eigenvalue weighted by atomic mass is 9.88. The number of halogens is 1. The highest BCUT2D eigenvalue weighted by Gasteiger charge is 2.32. The van der Waals surface area contributed by atoms with E-state index in [1.54, 1.807) is 48.2 Å². The van der Waals surface area contributed by atoms with Crippen LogP contribution in [0.5, 0.6) is 0 Å². The minimum absolute atomic E-state index is 0.00420. The highest BCUT2D eigenvalue weighted by atomic mass is 35.5. The van der Waals surface area contributed by atoms with Crippen molar-refractivity contribution in [2.45, 2.75) is 45.6 Å². The van der Waals surface area contributed by atoms with Crippen LogP contribution in [0.1, 0.15) is 37.5 Å². The molecule has 1 aliphatic heterocycles. The fourth-order valence-corrected chi connectivity index (χ4v) is 6.65. The molecule has 0 unspecified atom stereocenters. The third-order valence-electron chi connectivity index (χ3n) is 6.98. The molecular formula is C31H38ClN3O3S. The highest BCUT2D eigenvalue weighted by molar-refractivity contribution is 7.92. The van der Waals surface area contributed by atoms with Gasteiger partial charge in [0.1, 0.15) is 6.54 Å². The number of nitrogens with zero attached hydrogens (tertiary/aromatic N) is 3. The van der Waals surface area contributed by atoms with Crippen LogP contribution in [0.4, 0.5) is 5.69 Å². The Morgan fingerprint density at radius 3 is 2.21 bits per heavy atom. The summed E-state index contributed by atoms with van der Waals surface area (Å²) in [5.41, 5.74) is 3.21. The summed E-state index contributed by atoms with van der Waals surface area (Å²) in [6, 6.07) is 22.4. The van der Waals surface area contributed by atoms with Crippen LogP contribution < -0.4 is 4.31 Å². The normalized spacial score (nSPS) is 14.8. The molecule has 0 aliphatic carbocycles. The van der Waals surface area contributed by atoms with Gasteiger partial charge >= 0.3 is 0 Å². The number of hydrogen-bond acceptors (Lipinski definition) is 4. The molecule has 1 heterocycles. The van der Waals surface area contributed by atoms with Crippen LogP contribution in [0, 0.1) is 12.3 Å². The molecule has 4 rings (SSSR count). The Labute approximate surface area is 238 Å². The monoisotopic (exact) mass is 567 g/mol. The van der Waals surface area contributed by atoms with Crippen molar-refractivity contribution in [3.8, 4) is 0 Å². The van der Waals surface area contributed by atoms with Gasteiger partial charge in [-0.1, -0.05) is 80.9 Å². The smallest absolute Gasteiger partial charge is 0.264 e. The molecule has 1 fully saturated rings. The average Bonchev–Trinajstić information content (AvgIpc) is 2.89. The Morgan fingerprint density at radius 2 is 1.54 bits per heavy atom. The predicted molar refractivity (Wildman–Crippen MR) is 159 cm³/mol. The second kappa shape index (κ2) is 12.1. The quantitative estimate of drug-likeness (QED) is 0.346. The Bertz CT molecular complexity index is 1400. The zero-order chi connectivity index (χ0) is 28.2. The molecule has 3 aromatic carbocycles. The maximum atomic E-state index is 14.1. The average molecular weight is 568 g/mol. The zero-order valence-corrected chi connectivity index (χ0v) is 24.8. The summed E-state index contributed by atoms with van der Waals surface area (Å²) in [5, 5.41) is 0.455. The van der Waals surface area contributed by atoms with Crippen molar-refractivity contribution in [2.24, 2.45) is 5.41 Å². The summed E-state index contributed by atoms with van der Waals surface area (Å²) < 4.78 is 29.4. The fourth-order valence-electron chi connectivity index (χ4n) is 4.94. The first-order valence-electron chi connectivity index (χ1n) is 13.3. The van der Waals surface area contributed by atoms with Crippen LogP contribution in [0.25, 0.3) is 0 Å². The van der Waals surface area contributed by atoms with Crippen molar-refractivity contribution in [1.82, 2.24) is 9.80 Å². The first kappa shape index (κ1) is 29.1. The number of hydrogen-bond donors (Lipinski definition) is 0. The Balaban J connectivity index is 1.56. The van der Waals surface area contributed by atoms with Crippen LogP contribution in [-0.2, 0) is 27.8 Å². The SMILES string of the molecule is Cc1c(Cl)cccc1N(CC(=O)N1CCN(Cc2ccccc2)CC1)S(=O)(=O)c1cccc(CC(C)(C)C)c1. The molecule has 8 heteroatoms. The van der Waals surface area contributed by atoms with Crippen LogP contribution in [0.2, 0.25) is 5.02 Å². The molecule has 0 aromatic heterocycles. The van der Waals surface area contributed by atoms with Gasteiger partial charge in [0.25, 0.3) is 10.0 Å². The largest absolute Gasteiger partial charge is 0.339 e. The topological polar surface area (TPSA) is 60.9 Å². The van der Waals surface area contributed by atoms with E-state index >= 15 is 0 Å². The number of amides is 1. The van der Waals surface area contributed by atoms with Gasteiger partial charge in [0, 0.05) is 37.7 Å². The van der Waals surface area contributed by atoms with Gasteiger partial charge in [-0.2, -0.15) is 0 Å². The molecule has 1 aliphatic rings. The maximum Gasteiger partial charge on any atom is 0.264 e. The van der Waals surface area contributed by atoms with E-state index in [9.17, 15) is 13.2 Å². The number of carbonyl (C=O) groups excluding carboxylic acids is 1. The van der Waals surface area contributed by atoms with Gasteiger partial charge in [-0.05, 0) is 59.7 Å². The first-order valence-corrected chi connectivity index (χ1v) is 15.2. The third kappa shape index (κ3) is 7.41. The van der Waals surface area contributed by atoms with E-state index in [0.29, 0.717) is 29.4 Å². The first-order chi connectivity index (χ1) is 18.4. The summed E-state index contributed by atoms with van der Waals surface area (Å²) >= 11 is 6.40. The van der Waals surface area contributed by atoms with E-state index in [0.717, 1.165) is 31.6 Å². The van der Waals surface area contributed by atoms with Crippen LogP contribution in [0.15, 0.2) is 77.7 Å². The molecular weight excluding hydrogens is 530 g/mol. The molecule has 0 N–H and O–H groups in total. The molecule has 0 saturated carbocycles. The van der Waals surface area contributed by atoms with Crippen molar-refractivity contribution >= 4 is 33.2 Å². The molecule has 3 aromatic rings. The number of piperazine rings is 1. The van der Waals surface area contributed by atoms with Gasteiger partial charge in [-0.15, -0.1) is 0 Å². The van der Waals surface area contributed by atoms with E-state index in [2.05, 4.69) is 37.8 Å². The van der Waals surface area contributed by atoms with Gasteiger partial charge < -0.3 is 4.90 Å². The number of anilines is 1. The van der Waals surface area contributed by atoms with Crippen molar-refractivity contribution in [3.05, 3.63) is 94.5 Å². The summed E-state index contributed by atoms with van der Waals surface area (Å²) in [7, 11) is -4.04. The van der Waals surface area contributed by atoms with Crippen LogP contribution >= 0.6 is 11.6 Å². The van der Waals surface area contributed by atoms with E-state index in [4.69, 9.17) is 11.6 Å². The minimum atomic E-state index is -4.04. The van der Waals surface area contributed by atoms with Crippen molar-refractivity contribution in [2.75, 3.05) is 37.0 Å². The molecule has 0 atom stereocenters. The van der Waals surface area contributed by atoms with E-state index in [-0.39, 0.29) is 22.8 Å². The van der Waals surface area contributed by atoms with Crippen molar-refractivity contribution < 1.29 is 13.2 Å². The van der Waals surface area contributed by atoms with E-state index in [1.807, 2.05) is 24.3 Å². The predicted octanol–water partition coefficient (Wildman–Crippen LogP) is 5.78. The minimum Gasteiger partial charge on any atom is -0.339 e. The maximum absolute atomic E-state index is 14.1.